The van der Waals surface area contributed by atoms with Gasteiger partial charge < -0.3 is 5.32 Å². The van der Waals surface area contributed by atoms with Gasteiger partial charge in [-0.1, -0.05) is 43.3 Å². The van der Waals surface area contributed by atoms with Crippen LogP contribution in [0, 0.1) is 6.92 Å². The number of rotatable bonds is 8. The smallest absolute Gasteiger partial charge is 0.227 e. The Kier molecular flexibility index (Phi) is 6.68. The predicted molar refractivity (Wildman–Crippen MR) is 111 cm³/mol. The van der Waals surface area contributed by atoms with Gasteiger partial charge in [-0.2, -0.15) is 0 Å². The summed E-state index contributed by atoms with van der Waals surface area (Å²) in [7, 11) is 0. The predicted octanol–water partition coefficient (Wildman–Crippen LogP) is 4.36. The van der Waals surface area contributed by atoms with Gasteiger partial charge in [-0.3, -0.25) is 14.7 Å². The second-order valence-electron chi connectivity index (χ2n) is 6.32. The number of aromatic nitrogens is 2. The van der Waals surface area contributed by atoms with Crippen LogP contribution in [0.15, 0.2) is 54.9 Å². The number of thiazole rings is 1. The fraction of sp³-hybridized carbons (Fsp3) is 0.286. The van der Waals surface area contributed by atoms with Gasteiger partial charge in [0.15, 0.2) is 5.13 Å². The molecule has 0 unspecified atom stereocenters. The molecule has 0 fully saturated rings. The molecule has 0 radical (unpaired) electrons. The van der Waals surface area contributed by atoms with Gasteiger partial charge >= 0.3 is 0 Å². The molecule has 1 N–H and O–H groups in total. The molecule has 0 saturated heterocycles. The van der Waals surface area contributed by atoms with Crippen LogP contribution in [0.3, 0.4) is 0 Å². The molecule has 0 aliphatic heterocycles. The summed E-state index contributed by atoms with van der Waals surface area (Å²) in [5.74, 6) is -0.00648. The zero-order valence-corrected chi connectivity index (χ0v) is 16.5. The quantitative estimate of drug-likeness (QED) is 0.631. The molecule has 3 rings (SSSR count). The van der Waals surface area contributed by atoms with E-state index in [1.165, 1.54) is 11.3 Å². The standard InChI is InChI=1S/C21H24N4OS/c1-3-25(15-17-8-7-12-22-14-17)13-11-19(26)23-21-24-20(16(2)27-21)18-9-5-4-6-10-18/h4-10,12,14H,3,11,13,15H2,1-2H3,(H,23,24,26). The fourth-order valence-corrected chi connectivity index (χ4v) is 3.71. The molecule has 5 nitrogen and oxygen atoms in total. The lowest BCUT2D eigenvalue weighted by molar-refractivity contribution is -0.116. The van der Waals surface area contributed by atoms with Crippen molar-refractivity contribution in [1.82, 2.24) is 14.9 Å². The molecule has 1 aromatic carbocycles. The lowest BCUT2D eigenvalue weighted by Crippen LogP contribution is -2.27. The van der Waals surface area contributed by atoms with E-state index in [1.54, 1.807) is 6.20 Å². The highest BCUT2D eigenvalue weighted by Gasteiger charge is 2.13. The van der Waals surface area contributed by atoms with Crippen molar-refractivity contribution < 1.29 is 4.79 Å². The summed E-state index contributed by atoms with van der Waals surface area (Å²) >= 11 is 1.52. The molecule has 0 aliphatic rings. The summed E-state index contributed by atoms with van der Waals surface area (Å²) in [4.78, 5) is 24.4. The number of hydrogen-bond donors (Lipinski definition) is 1. The van der Waals surface area contributed by atoms with E-state index in [0.717, 1.165) is 34.8 Å². The molecule has 0 bridgehead atoms. The molecule has 0 saturated carbocycles. The van der Waals surface area contributed by atoms with E-state index in [9.17, 15) is 4.79 Å². The van der Waals surface area contributed by atoms with Crippen molar-refractivity contribution in [3.8, 4) is 11.3 Å². The molecule has 2 heterocycles. The number of carbonyl (C=O) groups is 1. The monoisotopic (exact) mass is 380 g/mol. The molecule has 0 aliphatic carbocycles. The minimum Gasteiger partial charge on any atom is -0.302 e. The van der Waals surface area contributed by atoms with Crippen LogP contribution < -0.4 is 5.32 Å². The van der Waals surface area contributed by atoms with Crippen molar-refractivity contribution >= 4 is 22.4 Å². The highest BCUT2D eigenvalue weighted by atomic mass is 32.1. The molecule has 27 heavy (non-hydrogen) atoms. The zero-order valence-electron chi connectivity index (χ0n) is 15.7. The molecular formula is C21H24N4OS. The van der Waals surface area contributed by atoms with Crippen molar-refractivity contribution in [2.75, 3.05) is 18.4 Å². The Morgan fingerprint density at radius 2 is 2.00 bits per heavy atom. The minimum absolute atomic E-state index is 0.00648. The number of aryl methyl sites for hydroxylation is 1. The molecule has 3 aromatic rings. The first kappa shape index (κ1) is 19.2. The van der Waals surface area contributed by atoms with E-state index in [2.05, 4.69) is 33.2 Å². The third-order valence-corrected chi connectivity index (χ3v) is 5.21. The maximum Gasteiger partial charge on any atom is 0.227 e. The molecule has 6 heteroatoms. The lowest BCUT2D eigenvalue weighted by Gasteiger charge is -2.19. The van der Waals surface area contributed by atoms with Crippen LogP contribution >= 0.6 is 11.3 Å². The molecule has 140 valence electrons. The molecule has 0 atom stereocenters. The van der Waals surface area contributed by atoms with Gasteiger partial charge in [0, 0.05) is 42.3 Å². The van der Waals surface area contributed by atoms with Crippen LogP contribution in [0.1, 0.15) is 23.8 Å². The molecular weight excluding hydrogens is 356 g/mol. The van der Waals surface area contributed by atoms with Crippen molar-refractivity contribution in [1.29, 1.82) is 0 Å². The van der Waals surface area contributed by atoms with Crippen LogP contribution in [-0.2, 0) is 11.3 Å². The first-order chi connectivity index (χ1) is 13.2. The van der Waals surface area contributed by atoms with Gasteiger partial charge in [0.25, 0.3) is 0 Å². The average Bonchev–Trinajstić information content (AvgIpc) is 3.06. The maximum atomic E-state index is 12.4. The maximum absolute atomic E-state index is 12.4. The summed E-state index contributed by atoms with van der Waals surface area (Å²) in [6.07, 6.45) is 4.08. The normalized spacial score (nSPS) is 10.9. The number of hydrogen-bond acceptors (Lipinski definition) is 5. The molecule has 2 aromatic heterocycles. The van der Waals surface area contributed by atoms with Crippen LogP contribution in [0.5, 0.6) is 0 Å². The van der Waals surface area contributed by atoms with Gasteiger partial charge in [0.05, 0.1) is 5.69 Å². The van der Waals surface area contributed by atoms with Crippen molar-refractivity contribution in [2.24, 2.45) is 0 Å². The minimum atomic E-state index is -0.00648. The van der Waals surface area contributed by atoms with Crippen LogP contribution in [0.4, 0.5) is 5.13 Å². The first-order valence-electron chi connectivity index (χ1n) is 9.09. The van der Waals surface area contributed by atoms with E-state index >= 15 is 0 Å². The summed E-state index contributed by atoms with van der Waals surface area (Å²) in [5.41, 5.74) is 3.16. The highest BCUT2D eigenvalue weighted by molar-refractivity contribution is 7.16. The summed E-state index contributed by atoms with van der Waals surface area (Å²) in [5, 5.41) is 3.60. The fourth-order valence-electron chi connectivity index (χ4n) is 2.85. The van der Waals surface area contributed by atoms with Crippen LogP contribution in [0.25, 0.3) is 11.3 Å². The van der Waals surface area contributed by atoms with Gasteiger partial charge in [0.1, 0.15) is 0 Å². The van der Waals surface area contributed by atoms with E-state index in [0.29, 0.717) is 18.1 Å². The van der Waals surface area contributed by atoms with E-state index in [4.69, 9.17) is 0 Å². The van der Waals surface area contributed by atoms with E-state index in [1.807, 2.05) is 49.5 Å². The number of amides is 1. The third-order valence-electron chi connectivity index (χ3n) is 4.32. The zero-order chi connectivity index (χ0) is 19.1. The molecule has 0 spiro atoms. The Hall–Kier alpha value is -2.57. The first-order valence-corrected chi connectivity index (χ1v) is 9.91. The van der Waals surface area contributed by atoms with Crippen LogP contribution in [0.2, 0.25) is 0 Å². The van der Waals surface area contributed by atoms with Crippen molar-refractivity contribution in [2.45, 2.75) is 26.8 Å². The summed E-state index contributed by atoms with van der Waals surface area (Å²) in [6.45, 7) is 6.52. The van der Waals surface area contributed by atoms with Crippen LogP contribution in [-0.4, -0.2) is 33.9 Å². The second-order valence-corrected chi connectivity index (χ2v) is 7.52. The number of nitrogens with one attached hydrogen (secondary N) is 1. The SMILES string of the molecule is CCN(CCC(=O)Nc1nc(-c2ccccc2)c(C)s1)Cc1cccnc1. The average molecular weight is 381 g/mol. The van der Waals surface area contributed by atoms with Crippen molar-refractivity contribution in [3.05, 3.63) is 65.3 Å². The summed E-state index contributed by atoms with van der Waals surface area (Å²) in [6, 6.07) is 14.0. The topological polar surface area (TPSA) is 58.1 Å². The lowest BCUT2D eigenvalue weighted by atomic mass is 10.1. The number of carbonyl (C=O) groups excluding carboxylic acids is 1. The van der Waals surface area contributed by atoms with Gasteiger partial charge in [-0.25, -0.2) is 4.98 Å². The highest BCUT2D eigenvalue weighted by Crippen LogP contribution is 2.30. The third kappa shape index (κ3) is 5.45. The number of pyridine rings is 1. The van der Waals surface area contributed by atoms with Gasteiger partial charge in [-0.15, -0.1) is 11.3 Å². The number of nitrogens with zero attached hydrogens (tertiary/aromatic N) is 3. The largest absolute Gasteiger partial charge is 0.302 e. The Morgan fingerprint density at radius 3 is 2.70 bits per heavy atom. The molecule has 1 amide bonds. The Balaban J connectivity index is 1.55. The Bertz CT molecular complexity index is 864. The van der Waals surface area contributed by atoms with E-state index < -0.39 is 0 Å². The van der Waals surface area contributed by atoms with Crippen molar-refractivity contribution in [3.63, 3.8) is 0 Å². The Labute approximate surface area is 164 Å². The van der Waals surface area contributed by atoms with Gasteiger partial charge in [-0.05, 0) is 25.1 Å². The van der Waals surface area contributed by atoms with E-state index in [-0.39, 0.29) is 5.91 Å². The second kappa shape index (κ2) is 9.39. The number of benzene rings is 1. The Morgan fingerprint density at radius 1 is 1.19 bits per heavy atom. The van der Waals surface area contributed by atoms with Gasteiger partial charge in [0.2, 0.25) is 5.91 Å². The number of anilines is 1. The summed E-state index contributed by atoms with van der Waals surface area (Å²) < 4.78 is 0.